The normalized spacial score (nSPS) is 34.8. The Hall–Kier alpha value is -0.0600. The van der Waals surface area contributed by atoms with Crippen LogP contribution >= 0.6 is 0 Å². The Morgan fingerprint density at radius 1 is 1.29 bits per heavy atom. The zero-order chi connectivity index (χ0) is 10.1. The molecule has 3 heteroatoms. The maximum atomic E-state index is 11.2. The average Bonchev–Trinajstić information content (AvgIpc) is 2.73. The average molecular weight is 307 g/mol. The van der Waals surface area contributed by atoms with Crippen LogP contribution in [0.4, 0.5) is 0 Å². The second kappa shape index (κ2) is 4.21. The molecule has 0 aromatic carbocycles. The molecule has 2 nitrogen and oxygen atoms in total. The Morgan fingerprint density at radius 3 is 2.21 bits per heavy atom. The van der Waals surface area contributed by atoms with Crippen molar-refractivity contribution in [3.05, 3.63) is 12.2 Å². The van der Waals surface area contributed by atoms with E-state index >= 15 is 0 Å². The van der Waals surface area contributed by atoms with E-state index in [2.05, 4.69) is 6.58 Å². The summed E-state index contributed by atoms with van der Waals surface area (Å²) in [6.07, 6.45) is 5.50. The zero-order valence-electron chi connectivity index (χ0n) is 8.46. The Morgan fingerprint density at radius 2 is 1.79 bits per heavy atom. The topological polar surface area (TPSA) is 26.3 Å². The van der Waals surface area contributed by atoms with Crippen molar-refractivity contribution < 1.29 is 29.5 Å². The molecular formula is C11H16IO2-. The SMILES string of the molecule is C=C(C)C(=O)O[I-]C1C2CCC1CC2. The summed E-state index contributed by atoms with van der Waals surface area (Å²) in [4.78, 5) is 11.2. The quantitative estimate of drug-likeness (QED) is 0.391. The molecule has 0 aromatic rings. The molecule has 0 radical (unpaired) electrons. The van der Waals surface area contributed by atoms with Crippen molar-refractivity contribution in [1.29, 1.82) is 0 Å². The molecule has 14 heavy (non-hydrogen) atoms. The third-order valence-electron chi connectivity index (χ3n) is 3.28. The fourth-order valence-corrected chi connectivity index (χ4v) is 5.64. The molecule has 2 saturated carbocycles. The Balaban J connectivity index is 1.81. The Kier molecular flexibility index (Phi) is 3.14. The first-order valence-electron chi connectivity index (χ1n) is 5.18. The molecule has 2 bridgehead atoms. The number of halogens is 1. The third-order valence-corrected chi connectivity index (χ3v) is 6.56. The molecule has 0 aliphatic heterocycles. The molecule has 80 valence electrons. The van der Waals surface area contributed by atoms with Crippen molar-refractivity contribution >= 4 is 5.97 Å². The molecule has 0 unspecified atom stereocenters. The van der Waals surface area contributed by atoms with Crippen molar-refractivity contribution in [3.8, 4) is 0 Å². The van der Waals surface area contributed by atoms with E-state index in [0.717, 1.165) is 15.8 Å². The molecule has 0 saturated heterocycles. The van der Waals surface area contributed by atoms with Crippen LogP contribution in [0.3, 0.4) is 0 Å². The number of hydrogen-bond donors (Lipinski definition) is 0. The third kappa shape index (κ3) is 1.97. The van der Waals surface area contributed by atoms with Gasteiger partial charge in [0.2, 0.25) is 0 Å². The van der Waals surface area contributed by atoms with Crippen molar-refractivity contribution in [2.24, 2.45) is 11.8 Å². The second-order valence-electron chi connectivity index (χ2n) is 4.35. The van der Waals surface area contributed by atoms with Crippen molar-refractivity contribution in [1.82, 2.24) is 0 Å². The molecule has 2 fully saturated rings. The Bertz CT molecular complexity index is 242. The van der Waals surface area contributed by atoms with Gasteiger partial charge in [-0.1, -0.05) is 0 Å². The van der Waals surface area contributed by atoms with Gasteiger partial charge in [0, 0.05) is 0 Å². The predicted octanol–water partition coefficient (Wildman–Crippen LogP) is -0.702. The van der Waals surface area contributed by atoms with E-state index in [1.165, 1.54) is 25.7 Å². The molecule has 0 atom stereocenters. The summed E-state index contributed by atoms with van der Waals surface area (Å²) in [6.45, 7) is 5.31. The standard InChI is InChI=1S/C11H16IO2/c1-7(2)11(13)14-12-10-8-3-4-9(10)6-5-8/h8-10H,1,3-6H2,2H3/q-1. The molecule has 0 spiro atoms. The molecule has 2 aliphatic carbocycles. The fraction of sp³-hybridized carbons (Fsp3) is 0.727. The fourth-order valence-electron chi connectivity index (χ4n) is 2.47. The molecule has 0 N–H and O–H groups in total. The van der Waals surface area contributed by atoms with Crippen LogP contribution < -0.4 is 21.6 Å². The number of rotatable bonds is 3. The summed E-state index contributed by atoms with van der Waals surface area (Å²) in [5, 5.41) is 0. The molecular weight excluding hydrogens is 291 g/mol. The van der Waals surface area contributed by atoms with Gasteiger partial charge in [-0.25, -0.2) is 0 Å². The van der Waals surface area contributed by atoms with Crippen LogP contribution in [0.25, 0.3) is 0 Å². The summed E-state index contributed by atoms with van der Waals surface area (Å²) in [6, 6.07) is 0. The van der Waals surface area contributed by atoms with Gasteiger partial charge in [0.15, 0.2) is 0 Å². The van der Waals surface area contributed by atoms with Gasteiger partial charge in [-0.3, -0.25) is 0 Å². The zero-order valence-corrected chi connectivity index (χ0v) is 10.6. The summed E-state index contributed by atoms with van der Waals surface area (Å²) in [7, 11) is 0. The number of carbonyl (C=O) groups is 1. The minimum atomic E-state index is -0.381. The van der Waals surface area contributed by atoms with E-state index in [4.69, 9.17) is 3.07 Å². The number of hydrogen-bond acceptors (Lipinski definition) is 2. The monoisotopic (exact) mass is 307 g/mol. The van der Waals surface area contributed by atoms with Crippen LogP contribution in [0.15, 0.2) is 12.2 Å². The van der Waals surface area contributed by atoms with Crippen LogP contribution in [-0.2, 0) is 7.86 Å². The van der Waals surface area contributed by atoms with E-state index in [0.29, 0.717) is 5.57 Å². The van der Waals surface area contributed by atoms with Crippen LogP contribution in [0, 0.1) is 11.8 Å². The van der Waals surface area contributed by atoms with Gasteiger partial charge in [-0.05, 0) is 0 Å². The van der Waals surface area contributed by atoms with Gasteiger partial charge in [-0.2, -0.15) is 0 Å². The summed E-state index contributed by atoms with van der Waals surface area (Å²) in [5.74, 6) is 1.58. The van der Waals surface area contributed by atoms with Gasteiger partial charge in [0.05, 0.1) is 0 Å². The number of carbonyl (C=O) groups excluding carboxylic acids is 1. The van der Waals surface area contributed by atoms with E-state index in [1.807, 2.05) is 0 Å². The molecule has 2 aliphatic rings. The number of fused-ring (bicyclic) bond motifs is 2. The molecule has 2 rings (SSSR count). The summed E-state index contributed by atoms with van der Waals surface area (Å²) >= 11 is -0.381. The second-order valence-corrected chi connectivity index (χ2v) is 6.74. The summed E-state index contributed by atoms with van der Waals surface area (Å²) < 4.78 is 6.10. The first kappa shape index (κ1) is 10.5. The molecule has 0 aromatic heterocycles. The van der Waals surface area contributed by atoms with Crippen LogP contribution in [0.1, 0.15) is 32.6 Å². The van der Waals surface area contributed by atoms with Gasteiger partial charge >= 0.3 is 96.0 Å². The van der Waals surface area contributed by atoms with Crippen LogP contribution in [0.5, 0.6) is 0 Å². The first-order chi connectivity index (χ1) is 6.68. The van der Waals surface area contributed by atoms with Crippen molar-refractivity contribution in [2.45, 2.75) is 36.5 Å². The van der Waals surface area contributed by atoms with Gasteiger partial charge < -0.3 is 0 Å². The van der Waals surface area contributed by atoms with Gasteiger partial charge in [0.25, 0.3) is 0 Å². The minimum absolute atomic E-state index is 0.177. The molecule has 0 amide bonds. The van der Waals surface area contributed by atoms with Crippen molar-refractivity contribution in [2.75, 3.05) is 0 Å². The van der Waals surface area contributed by atoms with Gasteiger partial charge in [-0.15, -0.1) is 0 Å². The van der Waals surface area contributed by atoms with Crippen LogP contribution in [0.2, 0.25) is 0 Å². The van der Waals surface area contributed by atoms with E-state index < -0.39 is 0 Å². The maximum absolute atomic E-state index is 11.2. The van der Waals surface area contributed by atoms with E-state index in [1.54, 1.807) is 6.92 Å². The van der Waals surface area contributed by atoms with E-state index in [9.17, 15) is 4.79 Å². The van der Waals surface area contributed by atoms with Crippen molar-refractivity contribution in [3.63, 3.8) is 0 Å². The van der Waals surface area contributed by atoms with E-state index in [-0.39, 0.29) is 27.6 Å². The summed E-state index contributed by atoms with van der Waals surface area (Å²) in [5.41, 5.74) is 0.537. The van der Waals surface area contributed by atoms with Gasteiger partial charge in [0.1, 0.15) is 0 Å². The number of alkyl halides is 1. The molecule has 0 heterocycles. The predicted molar refractivity (Wildman–Crippen MR) is 50.1 cm³/mol. The Labute approximate surface area is 95.9 Å². The van der Waals surface area contributed by atoms with Crippen LogP contribution in [-0.4, -0.2) is 9.89 Å². The first-order valence-corrected chi connectivity index (χ1v) is 7.31.